The maximum absolute atomic E-state index is 11.2. The molecule has 0 bridgehead atoms. The number of hydrogen-bond donors (Lipinski definition) is 2. The van der Waals surface area contributed by atoms with Gasteiger partial charge in [-0.05, 0) is 19.4 Å². The predicted molar refractivity (Wildman–Crippen MR) is 83.9 cm³/mol. The van der Waals surface area contributed by atoms with Gasteiger partial charge >= 0.3 is 0 Å². The largest absolute Gasteiger partial charge is 0.385 e. The zero-order chi connectivity index (χ0) is 15.1. The van der Waals surface area contributed by atoms with E-state index in [2.05, 4.69) is 10.6 Å². The van der Waals surface area contributed by atoms with Gasteiger partial charge in [0.2, 0.25) is 0 Å². The molecule has 0 aromatic heterocycles. The lowest BCUT2D eigenvalue weighted by molar-refractivity contribution is -0.384. The van der Waals surface area contributed by atoms with Crippen molar-refractivity contribution in [3.63, 3.8) is 0 Å². The van der Waals surface area contributed by atoms with E-state index in [1.54, 1.807) is 6.26 Å². The van der Waals surface area contributed by atoms with E-state index < -0.39 is 15.7 Å². The van der Waals surface area contributed by atoms with E-state index in [0.717, 1.165) is 13.0 Å². The highest BCUT2D eigenvalue weighted by Crippen LogP contribution is 2.25. The fourth-order valence-electron chi connectivity index (χ4n) is 1.85. The summed E-state index contributed by atoms with van der Waals surface area (Å²) in [7, 11) is -0.906. The molecule has 0 fully saturated rings. The molecular formula is C13H21N3O3S. The molecule has 0 saturated carbocycles. The number of nitro groups is 1. The smallest absolute Gasteiger partial charge is 0.273 e. The van der Waals surface area contributed by atoms with Gasteiger partial charge in [0.15, 0.2) is 0 Å². The van der Waals surface area contributed by atoms with Crippen LogP contribution in [-0.4, -0.2) is 33.7 Å². The number of nitro benzene ring substituents is 1. The molecule has 2 atom stereocenters. The second-order valence-electron chi connectivity index (χ2n) is 4.74. The van der Waals surface area contributed by atoms with E-state index in [1.807, 2.05) is 19.9 Å². The molecule has 1 rings (SSSR count). The van der Waals surface area contributed by atoms with Crippen LogP contribution in [0.3, 0.4) is 0 Å². The van der Waals surface area contributed by atoms with Gasteiger partial charge < -0.3 is 10.6 Å². The van der Waals surface area contributed by atoms with E-state index in [9.17, 15) is 14.3 Å². The van der Waals surface area contributed by atoms with Gasteiger partial charge in [-0.25, -0.2) is 0 Å². The van der Waals surface area contributed by atoms with E-state index in [-0.39, 0.29) is 11.7 Å². The number of nitrogens with one attached hydrogen (secondary N) is 2. The third-order valence-corrected chi connectivity index (χ3v) is 3.57. The second-order valence-corrected chi connectivity index (χ2v) is 6.22. The Morgan fingerprint density at radius 1 is 1.35 bits per heavy atom. The van der Waals surface area contributed by atoms with Crippen LogP contribution in [0.5, 0.6) is 0 Å². The molecule has 0 saturated heterocycles. The van der Waals surface area contributed by atoms with Gasteiger partial charge in [0, 0.05) is 58.9 Å². The molecule has 7 heteroatoms. The first kappa shape index (κ1) is 16.4. The number of nitrogens with zero attached hydrogens (tertiary/aromatic N) is 1. The predicted octanol–water partition coefficient (Wildman–Crippen LogP) is 2.60. The maximum atomic E-state index is 11.2. The lowest BCUT2D eigenvalue weighted by Gasteiger charge is -2.15. The minimum Gasteiger partial charge on any atom is -0.385 e. The van der Waals surface area contributed by atoms with Gasteiger partial charge in [-0.3, -0.25) is 14.3 Å². The summed E-state index contributed by atoms with van der Waals surface area (Å²) >= 11 is 0. The molecule has 2 N–H and O–H groups in total. The third kappa shape index (κ3) is 5.56. The second kappa shape index (κ2) is 7.84. The Kier molecular flexibility index (Phi) is 6.44. The van der Waals surface area contributed by atoms with Crippen LogP contribution >= 0.6 is 0 Å². The van der Waals surface area contributed by atoms with Crippen molar-refractivity contribution in [2.75, 3.05) is 29.2 Å². The molecule has 6 nitrogen and oxygen atoms in total. The first-order valence-corrected chi connectivity index (χ1v) is 8.25. The molecule has 2 unspecified atom stereocenters. The Bertz CT molecular complexity index is 494. The van der Waals surface area contributed by atoms with Gasteiger partial charge in [0.1, 0.15) is 0 Å². The van der Waals surface area contributed by atoms with Crippen molar-refractivity contribution in [1.29, 1.82) is 0 Å². The monoisotopic (exact) mass is 299 g/mol. The summed E-state index contributed by atoms with van der Waals surface area (Å²) in [4.78, 5) is 10.5. The summed E-state index contributed by atoms with van der Waals surface area (Å²) in [5, 5.41) is 17.2. The maximum Gasteiger partial charge on any atom is 0.273 e. The minimum absolute atomic E-state index is 0.0122. The molecule has 112 valence electrons. The van der Waals surface area contributed by atoms with E-state index >= 15 is 0 Å². The molecule has 0 aliphatic carbocycles. The van der Waals surface area contributed by atoms with E-state index in [4.69, 9.17) is 0 Å². The summed E-state index contributed by atoms with van der Waals surface area (Å²) in [6.45, 7) is 4.69. The number of benzene rings is 1. The van der Waals surface area contributed by atoms with Gasteiger partial charge in [-0.15, -0.1) is 0 Å². The topological polar surface area (TPSA) is 84.3 Å². The number of rotatable bonds is 8. The quantitative estimate of drug-likeness (QED) is 0.569. The van der Waals surface area contributed by atoms with Crippen molar-refractivity contribution in [2.45, 2.75) is 26.3 Å². The highest BCUT2D eigenvalue weighted by Gasteiger charge is 2.11. The van der Waals surface area contributed by atoms with Crippen LogP contribution in [0.4, 0.5) is 17.1 Å². The summed E-state index contributed by atoms with van der Waals surface area (Å²) < 4.78 is 11.2. The van der Waals surface area contributed by atoms with Crippen LogP contribution in [0.2, 0.25) is 0 Å². The van der Waals surface area contributed by atoms with Crippen LogP contribution in [-0.2, 0) is 10.8 Å². The number of anilines is 2. The molecule has 0 spiro atoms. The molecule has 1 aromatic rings. The van der Waals surface area contributed by atoms with Crippen molar-refractivity contribution in [2.24, 2.45) is 0 Å². The summed E-state index contributed by atoms with van der Waals surface area (Å²) in [5.41, 5.74) is 1.42. The SMILES string of the molecule is CCCNc1cc(NC(C)CS(C)=O)cc([N+](=O)[O-])c1. The normalized spacial score (nSPS) is 13.6. The van der Waals surface area contributed by atoms with Crippen LogP contribution < -0.4 is 10.6 Å². The molecule has 0 aliphatic heterocycles. The average Bonchev–Trinajstić information content (AvgIpc) is 2.34. The highest BCUT2D eigenvalue weighted by atomic mass is 32.2. The van der Waals surface area contributed by atoms with Crippen LogP contribution in [0.1, 0.15) is 20.3 Å². The molecule has 0 heterocycles. The van der Waals surface area contributed by atoms with Crippen LogP contribution in [0, 0.1) is 10.1 Å². The van der Waals surface area contributed by atoms with E-state index in [1.165, 1.54) is 12.1 Å². The zero-order valence-electron chi connectivity index (χ0n) is 12.0. The first-order chi connectivity index (χ1) is 9.42. The summed E-state index contributed by atoms with van der Waals surface area (Å²) in [6, 6.07) is 4.83. The van der Waals surface area contributed by atoms with Gasteiger partial charge in [-0.2, -0.15) is 0 Å². The Labute approximate surface area is 121 Å². The molecule has 0 aliphatic rings. The Morgan fingerprint density at radius 3 is 2.55 bits per heavy atom. The van der Waals surface area contributed by atoms with Crippen molar-refractivity contribution in [1.82, 2.24) is 0 Å². The lowest BCUT2D eigenvalue weighted by atomic mass is 10.2. The lowest BCUT2D eigenvalue weighted by Crippen LogP contribution is -2.22. The van der Waals surface area contributed by atoms with Crippen molar-refractivity contribution in [3.05, 3.63) is 28.3 Å². The van der Waals surface area contributed by atoms with E-state index in [0.29, 0.717) is 17.1 Å². The molecule has 1 aromatic carbocycles. The van der Waals surface area contributed by atoms with Gasteiger partial charge in [0.25, 0.3) is 5.69 Å². The Balaban J connectivity index is 2.90. The fraction of sp³-hybridized carbons (Fsp3) is 0.538. The Hall–Kier alpha value is -1.63. The third-order valence-electron chi connectivity index (χ3n) is 2.61. The van der Waals surface area contributed by atoms with Crippen molar-refractivity contribution < 1.29 is 9.13 Å². The van der Waals surface area contributed by atoms with Gasteiger partial charge in [0.05, 0.1) is 4.92 Å². The molecule has 0 radical (unpaired) electrons. The van der Waals surface area contributed by atoms with Crippen LogP contribution in [0.25, 0.3) is 0 Å². The fourth-order valence-corrected chi connectivity index (χ4v) is 2.64. The number of hydrogen-bond acceptors (Lipinski definition) is 5. The first-order valence-electron chi connectivity index (χ1n) is 6.52. The standard InChI is InChI=1S/C13H21N3O3S/c1-4-5-14-11-6-12(8-13(7-11)16(17)18)15-10(2)9-20(3)19/h6-8,10,14-15H,4-5,9H2,1-3H3. The highest BCUT2D eigenvalue weighted by molar-refractivity contribution is 7.84. The molecular weight excluding hydrogens is 278 g/mol. The number of non-ortho nitro benzene ring substituents is 1. The van der Waals surface area contributed by atoms with Gasteiger partial charge in [-0.1, -0.05) is 6.92 Å². The van der Waals surface area contributed by atoms with Crippen molar-refractivity contribution >= 4 is 27.9 Å². The van der Waals surface area contributed by atoms with Crippen molar-refractivity contribution in [3.8, 4) is 0 Å². The minimum atomic E-state index is -0.906. The Morgan fingerprint density at radius 2 is 2.00 bits per heavy atom. The van der Waals surface area contributed by atoms with Crippen LogP contribution in [0.15, 0.2) is 18.2 Å². The molecule has 0 amide bonds. The summed E-state index contributed by atoms with van der Waals surface area (Å²) in [5.74, 6) is 0.500. The zero-order valence-corrected chi connectivity index (χ0v) is 12.8. The summed E-state index contributed by atoms with van der Waals surface area (Å²) in [6.07, 6.45) is 2.58. The average molecular weight is 299 g/mol. The molecule has 20 heavy (non-hydrogen) atoms.